The molecule has 0 spiro atoms. The molecule has 0 fully saturated rings. The van der Waals surface area contributed by atoms with E-state index < -0.39 is 0 Å². The topological polar surface area (TPSA) is 75.4 Å². The van der Waals surface area contributed by atoms with Gasteiger partial charge in [0.1, 0.15) is 16.3 Å². The number of anilines is 1. The van der Waals surface area contributed by atoms with Crippen molar-refractivity contribution in [3.05, 3.63) is 59.2 Å². The lowest BCUT2D eigenvalue weighted by molar-refractivity contribution is 0.885. The summed E-state index contributed by atoms with van der Waals surface area (Å²) >= 11 is 5.43. The molecule has 0 saturated carbocycles. The van der Waals surface area contributed by atoms with E-state index in [2.05, 4.69) is 15.1 Å². The number of aromatic amines is 2. The average molecular weight is 307 g/mol. The highest BCUT2D eigenvalue weighted by Gasteiger charge is 2.16. The van der Waals surface area contributed by atoms with Crippen LogP contribution in [-0.4, -0.2) is 19.7 Å². The summed E-state index contributed by atoms with van der Waals surface area (Å²) in [6.45, 7) is 0. The van der Waals surface area contributed by atoms with E-state index in [1.54, 1.807) is 4.68 Å². The van der Waals surface area contributed by atoms with Crippen LogP contribution >= 0.6 is 12.2 Å². The Kier molecular flexibility index (Phi) is 2.83. The fourth-order valence-electron chi connectivity index (χ4n) is 2.53. The number of H-pyrrole nitrogens is 2. The lowest BCUT2D eigenvalue weighted by Gasteiger charge is -2.04. The lowest BCUT2D eigenvalue weighted by Crippen LogP contribution is -2.02. The molecule has 22 heavy (non-hydrogen) atoms. The van der Waals surface area contributed by atoms with Crippen LogP contribution in [0.5, 0.6) is 0 Å². The summed E-state index contributed by atoms with van der Waals surface area (Å²) in [7, 11) is 0. The van der Waals surface area contributed by atoms with Crippen LogP contribution in [0.15, 0.2) is 54.6 Å². The number of imidazole rings is 1. The Bertz CT molecular complexity index is 977. The third-order valence-corrected chi connectivity index (χ3v) is 3.87. The maximum atomic E-state index is 6.30. The first-order valence-corrected chi connectivity index (χ1v) is 7.26. The number of para-hydroxylation sites is 3. The molecule has 0 aliphatic carbocycles. The van der Waals surface area contributed by atoms with E-state index in [-0.39, 0.29) is 0 Å². The van der Waals surface area contributed by atoms with Gasteiger partial charge in [-0.3, -0.25) is 5.10 Å². The van der Waals surface area contributed by atoms with Crippen molar-refractivity contribution in [3.63, 3.8) is 0 Å². The number of benzene rings is 2. The summed E-state index contributed by atoms with van der Waals surface area (Å²) in [4.78, 5) is 7.84. The van der Waals surface area contributed by atoms with Crippen LogP contribution in [0.4, 0.5) is 5.82 Å². The fourth-order valence-corrected chi connectivity index (χ4v) is 2.82. The highest BCUT2D eigenvalue weighted by atomic mass is 32.1. The van der Waals surface area contributed by atoms with E-state index >= 15 is 0 Å². The molecule has 0 atom stereocenters. The molecule has 2 aromatic heterocycles. The van der Waals surface area contributed by atoms with Crippen molar-refractivity contribution in [1.29, 1.82) is 0 Å². The van der Waals surface area contributed by atoms with E-state index in [1.807, 2.05) is 54.6 Å². The van der Waals surface area contributed by atoms with Crippen molar-refractivity contribution < 1.29 is 0 Å². The number of hydrogen-bond acceptors (Lipinski definition) is 3. The van der Waals surface area contributed by atoms with Crippen LogP contribution in [0, 0.1) is 4.64 Å². The quantitative estimate of drug-likeness (QED) is 0.495. The molecule has 0 radical (unpaired) electrons. The van der Waals surface area contributed by atoms with E-state index in [4.69, 9.17) is 18.0 Å². The van der Waals surface area contributed by atoms with Gasteiger partial charge in [-0.15, -0.1) is 0 Å². The van der Waals surface area contributed by atoms with Gasteiger partial charge < -0.3 is 10.7 Å². The van der Waals surface area contributed by atoms with Crippen LogP contribution in [0.3, 0.4) is 0 Å². The van der Waals surface area contributed by atoms with Gasteiger partial charge in [-0.05, 0) is 24.3 Å². The van der Waals surface area contributed by atoms with Crippen molar-refractivity contribution in [2.24, 2.45) is 0 Å². The van der Waals surface area contributed by atoms with Gasteiger partial charge in [0.05, 0.1) is 22.3 Å². The van der Waals surface area contributed by atoms with Crippen molar-refractivity contribution in [2.75, 3.05) is 5.73 Å². The van der Waals surface area contributed by atoms with E-state index in [0.29, 0.717) is 16.3 Å². The standard InChI is InChI=1S/C16H13N5S/c17-14-13(15-18-11-8-4-5-9-12(11)19-15)16(22)20-21(14)10-6-2-1-3-7-10/h1-9H,17H2,(H,18,19)(H,20,22). The van der Waals surface area contributed by atoms with Crippen LogP contribution in [0.25, 0.3) is 28.1 Å². The molecule has 4 rings (SSSR count). The van der Waals surface area contributed by atoms with Crippen molar-refractivity contribution in [2.45, 2.75) is 0 Å². The summed E-state index contributed by atoms with van der Waals surface area (Å²) in [5.74, 6) is 1.21. The Balaban J connectivity index is 1.93. The molecule has 6 heteroatoms. The zero-order chi connectivity index (χ0) is 15.1. The van der Waals surface area contributed by atoms with Gasteiger partial charge in [-0.1, -0.05) is 42.5 Å². The number of nitrogens with zero attached hydrogens (tertiary/aromatic N) is 2. The van der Waals surface area contributed by atoms with Gasteiger partial charge in [-0.2, -0.15) is 0 Å². The number of nitrogens with two attached hydrogens (primary N) is 1. The molecule has 4 aromatic rings. The summed E-state index contributed by atoms with van der Waals surface area (Å²) < 4.78 is 2.32. The van der Waals surface area contributed by atoms with Crippen molar-refractivity contribution in [3.8, 4) is 17.1 Å². The van der Waals surface area contributed by atoms with Gasteiger partial charge in [-0.25, -0.2) is 9.67 Å². The predicted molar refractivity (Wildman–Crippen MR) is 90.5 cm³/mol. The maximum Gasteiger partial charge on any atom is 0.145 e. The van der Waals surface area contributed by atoms with Gasteiger partial charge >= 0.3 is 0 Å². The zero-order valence-electron chi connectivity index (χ0n) is 11.6. The van der Waals surface area contributed by atoms with Gasteiger partial charge in [0.2, 0.25) is 0 Å². The number of aromatic nitrogens is 4. The number of rotatable bonds is 2. The first-order valence-electron chi connectivity index (χ1n) is 6.85. The van der Waals surface area contributed by atoms with E-state index in [9.17, 15) is 0 Å². The minimum atomic E-state index is 0.537. The Morgan fingerprint density at radius 1 is 1.00 bits per heavy atom. The van der Waals surface area contributed by atoms with Gasteiger partial charge in [0, 0.05) is 0 Å². The fraction of sp³-hybridized carbons (Fsp3) is 0. The van der Waals surface area contributed by atoms with Crippen molar-refractivity contribution in [1.82, 2.24) is 19.7 Å². The monoisotopic (exact) mass is 307 g/mol. The zero-order valence-corrected chi connectivity index (χ0v) is 12.4. The number of hydrogen-bond donors (Lipinski definition) is 3. The molecule has 108 valence electrons. The maximum absolute atomic E-state index is 6.30. The van der Waals surface area contributed by atoms with Gasteiger partial charge in [0.25, 0.3) is 0 Å². The molecular formula is C16H13N5S. The number of fused-ring (bicyclic) bond motifs is 1. The Morgan fingerprint density at radius 3 is 2.50 bits per heavy atom. The molecule has 0 bridgehead atoms. The lowest BCUT2D eigenvalue weighted by atomic mass is 10.3. The molecule has 5 nitrogen and oxygen atoms in total. The molecule has 0 aliphatic heterocycles. The van der Waals surface area contributed by atoms with E-state index in [0.717, 1.165) is 22.3 Å². The number of nitrogen functional groups attached to an aromatic ring is 1. The molecule has 2 heterocycles. The normalized spacial score (nSPS) is 11.1. The minimum Gasteiger partial charge on any atom is -0.383 e. The summed E-state index contributed by atoms with van der Waals surface area (Å²) in [6.07, 6.45) is 0. The van der Waals surface area contributed by atoms with Crippen LogP contribution < -0.4 is 5.73 Å². The number of nitrogens with one attached hydrogen (secondary N) is 2. The Morgan fingerprint density at radius 2 is 1.73 bits per heavy atom. The SMILES string of the molecule is Nc1c(-c2nc3ccccc3[nH]2)c(=S)[nH]n1-c1ccccc1. The van der Waals surface area contributed by atoms with E-state index in [1.165, 1.54) is 0 Å². The highest BCUT2D eigenvalue weighted by molar-refractivity contribution is 7.71. The average Bonchev–Trinajstić information content (AvgIpc) is 3.08. The molecule has 0 amide bonds. The third kappa shape index (κ3) is 1.93. The molecular weight excluding hydrogens is 294 g/mol. The Hall–Kier alpha value is -2.86. The molecule has 0 unspecified atom stereocenters. The predicted octanol–water partition coefficient (Wildman–Crippen LogP) is 3.66. The van der Waals surface area contributed by atoms with Gasteiger partial charge in [0.15, 0.2) is 0 Å². The smallest absolute Gasteiger partial charge is 0.145 e. The molecule has 2 aromatic carbocycles. The summed E-state index contributed by atoms with van der Waals surface area (Å²) in [5.41, 5.74) is 9.78. The second-order valence-electron chi connectivity index (χ2n) is 4.97. The first-order chi connectivity index (χ1) is 10.7. The highest BCUT2D eigenvalue weighted by Crippen LogP contribution is 2.28. The van der Waals surface area contributed by atoms with Crippen LogP contribution in [-0.2, 0) is 0 Å². The Labute approximate surface area is 131 Å². The minimum absolute atomic E-state index is 0.537. The summed E-state index contributed by atoms with van der Waals surface area (Å²) in [6, 6.07) is 17.6. The van der Waals surface area contributed by atoms with Crippen LogP contribution in [0.1, 0.15) is 0 Å². The summed E-state index contributed by atoms with van der Waals surface area (Å²) in [5, 5.41) is 3.12. The first kappa shape index (κ1) is 12.8. The molecule has 4 N–H and O–H groups in total. The molecule has 0 aliphatic rings. The second kappa shape index (κ2) is 4.85. The third-order valence-electron chi connectivity index (χ3n) is 3.58. The van der Waals surface area contributed by atoms with Crippen LogP contribution in [0.2, 0.25) is 0 Å². The largest absolute Gasteiger partial charge is 0.383 e. The second-order valence-corrected chi connectivity index (χ2v) is 5.38. The molecule has 0 saturated heterocycles. The van der Waals surface area contributed by atoms with Crippen molar-refractivity contribution >= 4 is 29.1 Å².